The second-order valence-electron chi connectivity index (χ2n) is 4.44. The fourth-order valence-corrected chi connectivity index (χ4v) is 2.37. The second kappa shape index (κ2) is 4.78. The minimum absolute atomic E-state index is 0.406. The standard InChI is InChI=1S/C11H20O3/c1-2-3-6-11(10(13)14)7-4-5-9(12)8-11/h9,12H,2-8H2,1H3,(H,13,14)/t9-,11+/m0/s1. The van der Waals surface area contributed by atoms with E-state index in [1.807, 2.05) is 0 Å². The minimum atomic E-state index is -0.718. The lowest BCUT2D eigenvalue weighted by molar-refractivity contribution is -0.154. The molecule has 0 bridgehead atoms. The average molecular weight is 200 g/mol. The number of aliphatic hydroxyl groups excluding tert-OH is 1. The molecule has 0 unspecified atom stereocenters. The number of hydrogen-bond acceptors (Lipinski definition) is 2. The number of aliphatic carboxylic acids is 1. The van der Waals surface area contributed by atoms with Gasteiger partial charge in [0, 0.05) is 0 Å². The number of aliphatic hydroxyl groups is 1. The zero-order chi connectivity index (χ0) is 10.6. The van der Waals surface area contributed by atoms with Gasteiger partial charge in [-0.2, -0.15) is 0 Å². The predicted molar refractivity (Wildman–Crippen MR) is 54.1 cm³/mol. The van der Waals surface area contributed by atoms with Gasteiger partial charge in [0.05, 0.1) is 11.5 Å². The lowest BCUT2D eigenvalue weighted by Crippen LogP contribution is -2.38. The third-order valence-electron chi connectivity index (χ3n) is 3.28. The number of carbonyl (C=O) groups is 1. The van der Waals surface area contributed by atoms with Gasteiger partial charge in [-0.05, 0) is 32.1 Å². The molecular formula is C11H20O3. The average Bonchev–Trinajstić information content (AvgIpc) is 2.14. The highest BCUT2D eigenvalue weighted by Gasteiger charge is 2.41. The first-order valence-electron chi connectivity index (χ1n) is 5.52. The van der Waals surface area contributed by atoms with E-state index in [1.165, 1.54) is 0 Å². The van der Waals surface area contributed by atoms with Crippen LogP contribution in [0.25, 0.3) is 0 Å². The highest BCUT2D eigenvalue weighted by molar-refractivity contribution is 5.74. The Kier molecular flexibility index (Phi) is 3.93. The van der Waals surface area contributed by atoms with Crippen molar-refractivity contribution in [3.05, 3.63) is 0 Å². The van der Waals surface area contributed by atoms with Crippen molar-refractivity contribution in [2.45, 2.75) is 58.0 Å². The first-order valence-corrected chi connectivity index (χ1v) is 5.52. The van der Waals surface area contributed by atoms with Crippen LogP contribution in [0.4, 0.5) is 0 Å². The molecule has 1 saturated carbocycles. The summed E-state index contributed by atoms with van der Waals surface area (Å²) in [5.41, 5.74) is -0.631. The van der Waals surface area contributed by atoms with Gasteiger partial charge in [0.1, 0.15) is 0 Å². The molecule has 1 aliphatic rings. The molecule has 0 aliphatic heterocycles. The molecule has 0 aromatic rings. The number of carboxylic acid groups (broad SMARTS) is 1. The van der Waals surface area contributed by atoms with Crippen molar-refractivity contribution in [3.63, 3.8) is 0 Å². The zero-order valence-corrected chi connectivity index (χ0v) is 8.83. The summed E-state index contributed by atoms with van der Waals surface area (Å²) in [6.45, 7) is 2.06. The van der Waals surface area contributed by atoms with E-state index in [4.69, 9.17) is 0 Å². The van der Waals surface area contributed by atoms with Crippen molar-refractivity contribution in [3.8, 4) is 0 Å². The molecule has 2 N–H and O–H groups in total. The van der Waals surface area contributed by atoms with Crippen molar-refractivity contribution < 1.29 is 15.0 Å². The molecule has 0 radical (unpaired) electrons. The van der Waals surface area contributed by atoms with Crippen LogP contribution in [0.2, 0.25) is 0 Å². The van der Waals surface area contributed by atoms with Crippen LogP contribution in [-0.4, -0.2) is 22.3 Å². The molecule has 82 valence electrons. The van der Waals surface area contributed by atoms with Crippen molar-refractivity contribution in [2.75, 3.05) is 0 Å². The molecule has 14 heavy (non-hydrogen) atoms. The molecule has 3 heteroatoms. The van der Waals surface area contributed by atoms with E-state index >= 15 is 0 Å². The Bertz CT molecular complexity index is 203. The van der Waals surface area contributed by atoms with Gasteiger partial charge in [-0.15, -0.1) is 0 Å². The van der Waals surface area contributed by atoms with Gasteiger partial charge in [-0.1, -0.05) is 19.8 Å². The highest BCUT2D eigenvalue weighted by Crippen LogP contribution is 2.40. The maximum Gasteiger partial charge on any atom is 0.309 e. The van der Waals surface area contributed by atoms with Gasteiger partial charge in [-0.25, -0.2) is 0 Å². The molecule has 3 nitrogen and oxygen atoms in total. The quantitative estimate of drug-likeness (QED) is 0.731. The van der Waals surface area contributed by atoms with Gasteiger partial charge in [0.2, 0.25) is 0 Å². The number of rotatable bonds is 4. The van der Waals surface area contributed by atoms with E-state index in [9.17, 15) is 15.0 Å². The van der Waals surface area contributed by atoms with Gasteiger partial charge >= 0.3 is 5.97 Å². The molecule has 0 amide bonds. The molecule has 1 fully saturated rings. The van der Waals surface area contributed by atoms with Gasteiger partial charge in [0.15, 0.2) is 0 Å². The predicted octanol–water partition coefficient (Wildman–Crippen LogP) is 2.18. The Morgan fingerprint density at radius 1 is 1.57 bits per heavy atom. The fraction of sp³-hybridized carbons (Fsp3) is 0.909. The number of carboxylic acids is 1. The van der Waals surface area contributed by atoms with Crippen LogP contribution in [0.15, 0.2) is 0 Å². The fourth-order valence-electron chi connectivity index (χ4n) is 2.37. The third kappa shape index (κ3) is 2.47. The summed E-state index contributed by atoms with van der Waals surface area (Å²) in [6, 6.07) is 0. The van der Waals surface area contributed by atoms with Crippen LogP contribution in [0.1, 0.15) is 51.9 Å². The van der Waals surface area contributed by atoms with Gasteiger partial charge in [0.25, 0.3) is 0 Å². The Morgan fingerprint density at radius 2 is 2.29 bits per heavy atom. The van der Waals surface area contributed by atoms with Crippen LogP contribution in [-0.2, 0) is 4.79 Å². The van der Waals surface area contributed by atoms with Crippen molar-refractivity contribution in [2.24, 2.45) is 5.41 Å². The van der Waals surface area contributed by atoms with E-state index in [-0.39, 0.29) is 0 Å². The first kappa shape index (κ1) is 11.5. The Morgan fingerprint density at radius 3 is 2.79 bits per heavy atom. The normalized spacial score (nSPS) is 32.9. The maximum absolute atomic E-state index is 11.2. The summed E-state index contributed by atoms with van der Waals surface area (Å²) in [5, 5.41) is 18.8. The number of unbranched alkanes of at least 4 members (excludes halogenated alkanes) is 1. The monoisotopic (exact) mass is 200 g/mol. The largest absolute Gasteiger partial charge is 0.481 e. The Hall–Kier alpha value is -0.570. The van der Waals surface area contributed by atoms with E-state index in [1.54, 1.807) is 0 Å². The van der Waals surface area contributed by atoms with Crippen LogP contribution in [0.3, 0.4) is 0 Å². The molecule has 0 spiro atoms. The molecule has 0 saturated heterocycles. The zero-order valence-electron chi connectivity index (χ0n) is 8.83. The van der Waals surface area contributed by atoms with E-state index < -0.39 is 17.5 Å². The summed E-state index contributed by atoms with van der Waals surface area (Å²) in [4.78, 5) is 11.2. The summed E-state index contributed by atoms with van der Waals surface area (Å²) in [5.74, 6) is -0.718. The lowest BCUT2D eigenvalue weighted by atomic mass is 9.70. The summed E-state index contributed by atoms with van der Waals surface area (Å²) in [7, 11) is 0. The lowest BCUT2D eigenvalue weighted by Gasteiger charge is -2.35. The topological polar surface area (TPSA) is 57.5 Å². The van der Waals surface area contributed by atoms with Crippen LogP contribution in [0.5, 0.6) is 0 Å². The van der Waals surface area contributed by atoms with Crippen LogP contribution in [0, 0.1) is 5.41 Å². The van der Waals surface area contributed by atoms with E-state index in [2.05, 4.69) is 6.92 Å². The van der Waals surface area contributed by atoms with Crippen LogP contribution >= 0.6 is 0 Å². The molecule has 0 aromatic heterocycles. The molecule has 1 aliphatic carbocycles. The smallest absolute Gasteiger partial charge is 0.309 e. The number of hydrogen-bond donors (Lipinski definition) is 2. The van der Waals surface area contributed by atoms with Crippen LogP contribution < -0.4 is 0 Å². The maximum atomic E-state index is 11.2. The second-order valence-corrected chi connectivity index (χ2v) is 4.44. The molecular weight excluding hydrogens is 180 g/mol. The molecule has 0 aromatic carbocycles. The minimum Gasteiger partial charge on any atom is -0.481 e. The molecule has 2 atom stereocenters. The van der Waals surface area contributed by atoms with Crippen molar-refractivity contribution >= 4 is 5.97 Å². The summed E-state index contributed by atoms with van der Waals surface area (Å²) < 4.78 is 0. The van der Waals surface area contributed by atoms with Gasteiger partial charge in [-0.3, -0.25) is 4.79 Å². The molecule has 0 heterocycles. The molecule has 1 rings (SSSR count). The Balaban J connectivity index is 2.65. The summed E-state index contributed by atoms with van der Waals surface area (Å²) in [6.07, 6.45) is 5.07. The van der Waals surface area contributed by atoms with Crippen molar-refractivity contribution in [1.29, 1.82) is 0 Å². The highest BCUT2D eigenvalue weighted by atomic mass is 16.4. The first-order chi connectivity index (χ1) is 6.60. The van der Waals surface area contributed by atoms with E-state index in [0.29, 0.717) is 6.42 Å². The Labute approximate surface area is 85.1 Å². The SMILES string of the molecule is CCCC[C@@]1(C(=O)O)CCC[C@H](O)C1. The van der Waals surface area contributed by atoms with Crippen molar-refractivity contribution in [1.82, 2.24) is 0 Å². The third-order valence-corrected chi connectivity index (χ3v) is 3.28. The van der Waals surface area contributed by atoms with Gasteiger partial charge < -0.3 is 10.2 Å². The summed E-state index contributed by atoms with van der Waals surface area (Å²) >= 11 is 0. The van der Waals surface area contributed by atoms with E-state index in [0.717, 1.165) is 38.5 Å².